The van der Waals surface area contributed by atoms with Gasteiger partial charge in [0.25, 0.3) is 0 Å². The first kappa shape index (κ1) is 11.5. The van der Waals surface area contributed by atoms with Crippen LogP contribution in [0, 0.1) is 0 Å². The third kappa shape index (κ3) is 3.58. The summed E-state index contributed by atoms with van der Waals surface area (Å²) in [7, 11) is 0. The number of rotatable bonds is 4. The molecule has 1 aromatic rings. The second-order valence-electron chi connectivity index (χ2n) is 3.61. The summed E-state index contributed by atoms with van der Waals surface area (Å²) in [6.45, 7) is 3.04. The maximum atomic E-state index is 11.2. The van der Waals surface area contributed by atoms with Gasteiger partial charge < -0.3 is 5.11 Å². The van der Waals surface area contributed by atoms with Gasteiger partial charge in [0.15, 0.2) is 5.78 Å². The molecule has 1 N–H and O–H groups in total. The summed E-state index contributed by atoms with van der Waals surface area (Å²) in [5.41, 5.74) is 1.70. The zero-order valence-corrected chi connectivity index (χ0v) is 9.16. The van der Waals surface area contributed by atoms with E-state index < -0.39 is 0 Å². The Morgan fingerprint density at radius 3 is 2.27 bits per heavy atom. The largest absolute Gasteiger partial charge is 0.512 e. The van der Waals surface area contributed by atoms with E-state index >= 15 is 0 Å². The van der Waals surface area contributed by atoms with Gasteiger partial charge in [0, 0.05) is 5.57 Å². The van der Waals surface area contributed by atoms with E-state index in [0.717, 1.165) is 6.42 Å². The Morgan fingerprint density at radius 2 is 1.80 bits per heavy atom. The van der Waals surface area contributed by atoms with E-state index in [2.05, 4.69) is 0 Å². The molecular weight excluding hydrogens is 188 g/mol. The number of aliphatic hydroxyl groups is 1. The number of aliphatic hydroxyl groups excluding tert-OH is 1. The van der Waals surface area contributed by atoms with E-state index in [4.69, 9.17) is 0 Å². The van der Waals surface area contributed by atoms with E-state index in [9.17, 15) is 9.90 Å². The monoisotopic (exact) mass is 204 g/mol. The molecule has 0 atom stereocenters. The highest BCUT2D eigenvalue weighted by Crippen LogP contribution is 2.12. The third-order valence-corrected chi connectivity index (χ3v) is 2.37. The zero-order valence-electron chi connectivity index (χ0n) is 9.16. The third-order valence-electron chi connectivity index (χ3n) is 2.37. The Labute approximate surface area is 90.3 Å². The van der Waals surface area contributed by atoms with Gasteiger partial charge in [-0.25, -0.2) is 0 Å². The molecule has 0 aromatic heterocycles. The Morgan fingerprint density at radius 1 is 1.20 bits per heavy atom. The van der Waals surface area contributed by atoms with Crippen molar-refractivity contribution in [2.24, 2.45) is 0 Å². The molecule has 0 heterocycles. The molecule has 0 amide bonds. The highest BCUT2D eigenvalue weighted by molar-refractivity contribution is 5.93. The normalized spacial score (nSPS) is 12.1. The van der Waals surface area contributed by atoms with Gasteiger partial charge in [0.2, 0.25) is 0 Å². The summed E-state index contributed by atoms with van der Waals surface area (Å²) >= 11 is 0. The number of hydrogen-bond acceptors (Lipinski definition) is 2. The van der Waals surface area contributed by atoms with Crippen LogP contribution in [0.25, 0.3) is 0 Å². The maximum Gasteiger partial charge on any atom is 0.159 e. The van der Waals surface area contributed by atoms with Gasteiger partial charge in [-0.3, -0.25) is 4.79 Å². The Balaban J connectivity index is 2.64. The average molecular weight is 204 g/mol. The maximum absolute atomic E-state index is 11.2. The van der Waals surface area contributed by atoms with Crippen molar-refractivity contribution in [3.63, 3.8) is 0 Å². The van der Waals surface area contributed by atoms with Crippen molar-refractivity contribution in [2.75, 3.05) is 0 Å². The molecule has 2 heteroatoms. The summed E-state index contributed by atoms with van der Waals surface area (Å²) in [5.74, 6) is 0.0874. The van der Waals surface area contributed by atoms with Gasteiger partial charge in [-0.05, 0) is 32.3 Å². The molecule has 15 heavy (non-hydrogen) atoms. The molecule has 0 saturated heterocycles. The number of hydrogen-bond donors (Lipinski definition) is 1. The van der Waals surface area contributed by atoms with Crippen LogP contribution in [0.4, 0.5) is 0 Å². The molecule has 1 aromatic carbocycles. The van der Waals surface area contributed by atoms with Crippen LogP contribution in [-0.2, 0) is 11.2 Å². The minimum Gasteiger partial charge on any atom is -0.512 e. The van der Waals surface area contributed by atoms with Crippen molar-refractivity contribution in [2.45, 2.75) is 26.7 Å². The average Bonchev–Trinajstić information content (AvgIpc) is 2.18. The standard InChI is InChI=1S/C13H16O2/c1-10(14)13(11(2)15)9-8-12-6-4-3-5-7-12/h3-7,14H,8-9H2,1-2H3/b13-10-. The molecule has 0 unspecified atom stereocenters. The number of ketones is 1. The van der Waals surface area contributed by atoms with E-state index in [-0.39, 0.29) is 11.5 Å². The predicted molar refractivity (Wildman–Crippen MR) is 60.8 cm³/mol. The molecular formula is C13H16O2. The summed E-state index contributed by atoms with van der Waals surface area (Å²) in [6.07, 6.45) is 1.38. The molecule has 0 aliphatic carbocycles. The highest BCUT2D eigenvalue weighted by Gasteiger charge is 2.07. The van der Waals surface area contributed by atoms with Gasteiger partial charge >= 0.3 is 0 Å². The topological polar surface area (TPSA) is 37.3 Å². The quantitative estimate of drug-likeness (QED) is 0.604. The van der Waals surface area contributed by atoms with Gasteiger partial charge in [-0.15, -0.1) is 0 Å². The van der Waals surface area contributed by atoms with E-state index in [1.165, 1.54) is 12.5 Å². The van der Waals surface area contributed by atoms with Crippen LogP contribution in [-0.4, -0.2) is 10.9 Å². The summed E-state index contributed by atoms with van der Waals surface area (Å²) in [4.78, 5) is 11.2. The minimum atomic E-state index is -0.0501. The molecule has 0 spiro atoms. The lowest BCUT2D eigenvalue weighted by Crippen LogP contribution is -2.02. The van der Waals surface area contributed by atoms with Gasteiger partial charge in [0.05, 0.1) is 5.76 Å². The van der Waals surface area contributed by atoms with Crippen LogP contribution in [0.2, 0.25) is 0 Å². The zero-order chi connectivity index (χ0) is 11.3. The van der Waals surface area contributed by atoms with E-state index in [1.54, 1.807) is 6.92 Å². The molecule has 0 radical (unpaired) electrons. The van der Waals surface area contributed by atoms with Crippen LogP contribution in [0.15, 0.2) is 41.7 Å². The number of allylic oxidation sites excluding steroid dienone is 2. The SMILES string of the molecule is CC(=O)/C(CCc1ccccc1)=C(/C)O. The first-order valence-corrected chi connectivity index (χ1v) is 5.05. The summed E-state index contributed by atoms with van der Waals surface area (Å²) in [6, 6.07) is 9.94. The Kier molecular flexibility index (Phi) is 4.10. The van der Waals surface area contributed by atoms with Crippen molar-refractivity contribution in [1.82, 2.24) is 0 Å². The van der Waals surface area contributed by atoms with Crippen molar-refractivity contribution < 1.29 is 9.90 Å². The van der Waals surface area contributed by atoms with E-state index in [0.29, 0.717) is 12.0 Å². The lowest BCUT2D eigenvalue weighted by molar-refractivity contribution is -0.113. The second-order valence-corrected chi connectivity index (χ2v) is 3.61. The first-order chi connectivity index (χ1) is 7.11. The van der Waals surface area contributed by atoms with Crippen LogP contribution in [0.1, 0.15) is 25.8 Å². The first-order valence-electron chi connectivity index (χ1n) is 5.05. The number of benzene rings is 1. The number of aryl methyl sites for hydroxylation is 1. The van der Waals surface area contributed by atoms with Crippen molar-refractivity contribution in [3.8, 4) is 0 Å². The van der Waals surface area contributed by atoms with Gasteiger partial charge in [-0.1, -0.05) is 30.3 Å². The minimum absolute atomic E-state index is 0.0501. The molecule has 1 rings (SSSR count). The van der Waals surface area contributed by atoms with E-state index in [1.807, 2.05) is 30.3 Å². The molecule has 2 nitrogen and oxygen atoms in total. The molecule has 0 saturated carbocycles. The fourth-order valence-corrected chi connectivity index (χ4v) is 1.53. The molecule has 0 aliphatic heterocycles. The van der Waals surface area contributed by atoms with Crippen molar-refractivity contribution >= 4 is 5.78 Å². The Hall–Kier alpha value is -1.57. The van der Waals surface area contributed by atoms with Crippen LogP contribution < -0.4 is 0 Å². The summed E-state index contributed by atoms with van der Waals surface area (Å²) in [5, 5.41) is 9.32. The number of Topliss-reactive ketones (excluding diaryl/α,β-unsaturated/α-hetero) is 1. The summed E-state index contributed by atoms with van der Waals surface area (Å²) < 4.78 is 0. The van der Waals surface area contributed by atoms with Crippen molar-refractivity contribution in [3.05, 3.63) is 47.2 Å². The van der Waals surface area contributed by atoms with Crippen LogP contribution in [0.3, 0.4) is 0 Å². The number of carbonyl (C=O) groups is 1. The fraction of sp³-hybridized carbons (Fsp3) is 0.308. The molecule has 80 valence electrons. The second kappa shape index (κ2) is 5.35. The van der Waals surface area contributed by atoms with Crippen molar-refractivity contribution in [1.29, 1.82) is 0 Å². The van der Waals surface area contributed by atoms with Crippen LogP contribution >= 0.6 is 0 Å². The van der Waals surface area contributed by atoms with Gasteiger partial charge in [-0.2, -0.15) is 0 Å². The lowest BCUT2D eigenvalue weighted by Gasteiger charge is -2.05. The fourth-order valence-electron chi connectivity index (χ4n) is 1.53. The molecule has 0 aliphatic rings. The highest BCUT2D eigenvalue weighted by atomic mass is 16.3. The lowest BCUT2D eigenvalue weighted by atomic mass is 10.0. The van der Waals surface area contributed by atoms with Gasteiger partial charge in [0.1, 0.15) is 0 Å². The number of carbonyl (C=O) groups excluding carboxylic acids is 1. The smallest absolute Gasteiger partial charge is 0.159 e. The molecule has 0 bridgehead atoms. The van der Waals surface area contributed by atoms with Crippen LogP contribution in [0.5, 0.6) is 0 Å². The molecule has 0 fully saturated rings. The predicted octanol–water partition coefficient (Wildman–Crippen LogP) is 3.04. The Bertz CT molecular complexity index is 359.